The van der Waals surface area contributed by atoms with Gasteiger partial charge in [-0.2, -0.15) is 0 Å². The number of hydrogen-bond donors (Lipinski definition) is 2. The highest BCUT2D eigenvalue weighted by Crippen LogP contribution is 2.29. The summed E-state index contributed by atoms with van der Waals surface area (Å²) in [6, 6.07) is 9.29. The maximum absolute atomic E-state index is 12.7. The summed E-state index contributed by atoms with van der Waals surface area (Å²) in [5, 5.41) is 7.78. The normalized spacial score (nSPS) is 15.9. The third-order valence-electron chi connectivity index (χ3n) is 5.07. The first-order valence-corrected chi connectivity index (χ1v) is 11.9. The van der Waals surface area contributed by atoms with Crippen LogP contribution in [0.1, 0.15) is 33.2 Å². The van der Waals surface area contributed by atoms with Crippen LogP contribution in [0.2, 0.25) is 0 Å². The van der Waals surface area contributed by atoms with Crippen molar-refractivity contribution in [2.24, 2.45) is 0 Å². The first kappa shape index (κ1) is 21.7. The molecule has 1 unspecified atom stereocenters. The Bertz CT molecular complexity index is 1110. The number of carbonyl (C=O) groups excluding carboxylic acids is 2. The van der Waals surface area contributed by atoms with Crippen molar-refractivity contribution in [1.29, 1.82) is 0 Å². The van der Waals surface area contributed by atoms with Crippen LogP contribution in [-0.4, -0.2) is 47.1 Å². The smallest absolute Gasteiger partial charge is 0.237 e. The van der Waals surface area contributed by atoms with Crippen LogP contribution in [0.25, 0.3) is 10.9 Å². The lowest BCUT2D eigenvalue weighted by Crippen LogP contribution is -2.39. The summed E-state index contributed by atoms with van der Waals surface area (Å²) in [5.41, 5.74) is 0.828. The van der Waals surface area contributed by atoms with E-state index in [1.165, 1.54) is 23.1 Å². The SMILES string of the molecule is COc1ccc2nc(C)nc(SCC(=O)c3ccc(CNC(=O)C4CCCN4)s3)c2c1. The van der Waals surface area contributed by atoms with Crippen LogP contribution in [0, 0.1) is 6.92 Å². The quantitative estimate of drug-likeness (QED) is 0.305. The van der Waals surface area contributed by atoms with Crippen LogP contribution in [0.5, 0.6) is 5.75 Å². The molecule has 3 aromatic rings. The summed E-state index contributed by atoms with van der Waals surface area (Å²) in [4.78, 5) is 35.5. The van der Waals surface area contributed by atoms with Crippen molar-refractivity contribution in [2.75, 3.05) is 19.4 Å². The van der Waals surface area contributed by atoms with Crippen molar-refractivity contribution < 1.29 is 14.3 Å². The Balaban J connectivity index is 1.38. The number of ketones is 1. The fourth-order valence-corrected chi connectivity index (χ4v) is 5.38. The fourth-order valence-electron chi connectivity index (χ4n) is 3.46. The van der Waals surface area contributed by atoms with Gasteiger partial charge in [0.1, 0.15) is 16.6 Å². The molecule has 0 radical (unpaired) electrons. The second-order valence-electron chi connectivity index (χ2n) is 7.30. The molecule has 1 aliphatic heterocycles. The van der Waals surface area contributed by atoms with Crippen molar-refractivity contribution >= 4 is 45.7 Å². The molecule has 31 heavy (non-hydrogen) atoms. The minimum atomic E-state index is -0.0952. The molecule has 0 spiro atoms. The number of carbonyl (C=O) groups is 2. The lowest BCUT2D eigenvalue weighted by molar-refractivity contribution is -0.122. The largest absolute Gasteiger partial charge is 0.497 e. The van der Waals surface area contributed by atoms with Gasteiger partial charge in [-0.05, 0) is 56.6 Å². The number of aryl methyl sites for hydroxylation is 1. The third kappa shape index (κ3) is 5.23. The van der Waals surface area contributed by atoms with E-state index in [1.807, 2.05) is 37.3 Å². The number of nitrogens with zero attached hydrogens (tertiary/aromatic N) is 2. The Labute approximate surface area is 189 Å². The number of ether oxygens (including phenoxy) is 1. The second-order valence-corrected chi connectivity index (χ2v) is 9.44. The number of aromatic nitrogens is 2. The Morgan fingerprint density at radius 1 is 1.29 bits per heavy atom. The van der Waals surface area contributed by atoms with Gasteiger partial charge in [0.2, 0.25) is 5.91 Å². The van der Waals surface area contributed by atoms with E-state index in [0.717, 1.165) is 45.9 Å². The first-order chi connectivity index (χ1) is 15.0. The highest BCUT2D eigenvalue weighted by Gasteiger charge is 2.21. The van der Waals surface area contributed by atoms with Crippen molar-refractivity contribution in [3.63, 3.8) is 0 Å². The van der Waals surface area contributed by atoms with E-state index in [9.17, 15) is 9.59 Å². The maximum atomic E-state index is 12.7. The number of thioether (sulfide) groups is 1. The summed E-state index contributed by atoms with van der Waals surface area (Å²) in [7, 11) is 1.62. The molecule has 1 amide bonds. The molecular formula is C22H24N4O3S2. The molecule has 1 fully saturated rings. The molecule has 1 aliphatic rings. The zero-order chi connectivity index (χ0) is 21.8. The van der Waals surface area contributed by atoms with Crippen LogP contribution in [0.15, 0.2) is 35.4 Å². The van der Waals surface area contributed by atoms with E-state index in [-0.39, 0.29) is 23.5 Å². The van der Waals surface area contributed by atoms with Crippen LogP contribution in [0.4, 0.5) is 0 Å². The highest BCUT2D eigenvalue weighted by molar-refractivity contribution is 8.00. The number of hydrogen-bond acceptors (Lipinski definition) is 8. The third-order valence-corrected chi connectivity index (χ3v) is 7.19. The minimum Gasteiger partial charge on any atom is -0.497 e. The molecule has 2 aromatic heterocycles. The molecule has 0 bridgehead atoms. The van der Waals surface area contributed by atoms with Crippen molar-refractivity contribution in [2.45, 2.75) is 37.4 Å². The average Bonchev–Trinajstić information content (AvgIpc) is 3.47. The Morgan fingerprint density at radius 3 is 2.94 bits per heavy atom. The number of thiophene rings is 1. The molecule has 9 heteroatoms. The topological polar surface area (TPSA) is 93.2 Å². The molecule has 2 N–H and O–H groups in total. The predicted molar refractivity (Wildman–Crippen MR) is 123 cm³/mol. The number of nitrogens with one attached hydrogen (secondary N) is 2. The van der Waals surface area contributed by atoms with Gasteiger partial charge in [0.15, 0.2) is 5.78 Å². The van der Waals surface area contributed by atoms with E-state index < -0.39 is 0 Å². The van der Waals surface area contributed by atoms with E-state index >= 15 is 0 Å². The highest BCUT2D eigenvalue weighted by atomic mass is 32.2. The van der Waals surface area contributed by atoms with Gasteiger partial charge in [0.05, 0.1) is 35.8 Å². The molecule has 0 aliphatic carbocycles. The van der Waals surface area contributed by atoms with E-state index in [1.54, 1.807) is 7.11 Å². The molecule has 0 saturated carbocycles. The van der Waals surface area contributed by atoms with Gasteiger partial charge in [-0.25, -0.2) is 9.97 Å². The summed E-state index contributed by atoms with van der Waals surface area (Å²) in [6.45, 7) is 3.18. The zero-order valence-corrected chi connectivity index (χ0v) is 19.1. The first-order valence-electron chi connectivity index (χ1n) is 10.1. The van der Waals surface area contributed by atoms with Crippen LogP contribution in [-0.2, 0) is 11.3 Å². The summed E-state index contributed by atoms with van der Waals surface area (Å²) in [5.74, 6) is 1.73. The standard InChI is InChI=1S/C22H24N4O3S2/c1-13-25-17-7-5-14(29-2)10-16(17)22(26-13)30-12-19(27)20-8-6-15(31-20)11-24-21(28)18-4-3-9-23-18/h5-8,10,18,23H,3-4,9,11-12H2,1-2H3,(H,24,28). The van der Waals surface area contributed by atoms with Crippen molar-refractivity contribution in [1.82, 2.24) is 20.6 Å². The lowest BCUT2D eigenvalue weighted by atomic mass is 10.2. The number of Topliss-reactive ketones (excluding diaryl/α,β-unsaturated/α-hetero) is 1. The predicted octanol–water partition coefficient (Wildman–Crippen LogP) is 3.35. The molecule has 4 rings (SSSR count). The van der Waals surface area contributed by atoms with Crippen LogP contribution < -0.4 is 15.4 Å². The van der Waals surface area contributed by atoms with Gasteiger partial charge < -0.3 is 15.4 Å². The van der Waals surface area contributed by atoms with Gasteiger partial charge in [-0.1, -0.05) is 11.8 Å². The minimum absolute atomic E-state index is 0.0239. The van der Waals surface area contributed by atoms with Gasteiger partial charge >= 0.3 is 0 Å². The number of fused-ring (bicyclic) bond motifs is 1. The molecule has 3 heterocycles. The van der Waals surface area contributed by atoms with Gasteiger partial charge in [0, 0.05) is 10.3 Å². The van der Waals surface area contributed by atoms with Gasteiger partial charge in [0.25, 0.3) is 0 Å². The maximum Gasteiger partial charge on any atom is 0.237 e. The van der Waals surface area contributed by atoms with Gasteiger partial charge in [-0.15, -0.1) is 11.3 Å². The summed E-state index contributed by atoms with van der Waals surface area (Å²) in [6.07, 6.45) is 1.90. The van der Waals surface area contributed by atoms with E-state index in [2.05, 4.69) is 20.6 Å². The molecule has 1 saturated heterocycles. The Morgan fingerprint density at radius 2 is 2.16 bits per heavy atom. The number of methoxy groups -OCH3 is 1. The van der Waals surface area contributed by atoms with E-state index in [0.29, 0.717) is 17.2 Å². The molecule has 7 nitrogen and oxygen atoms in total. The fraction of sp³-hybridized carbons (Fsp3) is 0.364. The molecular weight excluding hydrogens is 432 g/mol. The number of amides is 1. The monoisotopic (exact) mass is 456 g/mol. The average molecular weight is 457 g/mol. The summed E-state index contributed by atoms with van der Waals surface area (Å²) >= 11 is 2.83. The van der Waals surface area contributed by atoms with Gasteiger partial charge in [-0.3, -0.25) is 9.59 Å². The number of benzene rings is 1. The Kier molecular flexibility index (Phi) is 6.84. The van der Waals surface area contributed by atoms with Crippen molar-refractivity contribution in [3.8, 4) is 5.75 Å². The Hall–Kier alpha value is -2.49. The van der Waals surface area contributed by atoms with Crippen LogP contribution >= 0.6 is 23.1 Å². The van der Waals surface area contributed by atoms with Crippen LogP contribution in [0.3, 0.4) is 0 Å². The number of rotatable bonds is 8. The molecule has 162 valence electrons. The lowest BCUT2D eigenvalue weighted by Gasteiger charge is -2.09. The zero-order valence-electron chi connectivity index (χ0n) is 17.4. The van der Waals surface area contributed by atoms with E-state index in [4.69, 9.17) is 4.74 Å². The summed E-state index contributed by atoms with van der Waals surface area (Å²) < 4.78 is 5.31. The molecule has 1 aromatic carbocycles. The second kappa shape index (κ2) is 9.76. The molecule has 1 atom stereocenters. The van der Waals surface area contributed by atoms with Crippen molar-refractivity contribution in [3.05, 3.63) is 45.9 Å².